The predicted octanol–water partition coefficient (Wildman–Crippen LogP) is 2.90. The molecule has 0 aliphatic carbocycles. The number of rotatable bonds is 1. The van der Waals surface area contributed by atoms with E-state index < -0.39 is 11.7 Å². The summed E-state index contributed by atoms with van der Waals surface area (Å²) in [6.45, 7) is 3.88. The number of fused-ring (bicyclic) bond motifs is 1. The number of nitrogens with one attached hydrogen (secondary N) is 1. The molecule has 0 amide bonds. The van der Waals surface area contributed by atoms with E-state index in [1.54, 1.807) is 10.6 Å². The molecule has 0 saturated carbocycles. The molecule has 2 aromatic heterocycles. The van der Waals surface area contributed by atoms with Crippen LogP contribution < -0.4 is 4.40 Å². The van der Waals surface area contributed by atoms with Crippen molar-refractivity contribution in [2.75, 3.05) is 0 Å². The Balaban J connectivity index is 2.63. The highest BCUT2D eigenvalue weighted by molar-refractivity contribution is 5.32. The topological polar surface area (TPSA) is 19.9 Å². The van der Waals surface area contributed by atoms with Crippen LogP contribution in [0.5, 0.6) is 0 Å². The largest absolute Gasteiger partial charge is 0.419 e. The van der Waals surface area contributed by atoms with Crippen LogP contribution in [0.15, 0.2) is 24.5 Å². The Labute approximate surface area is 90.7 Å². The van der Waals surface area contributed by atoms with Gasteiger partial charge >= 0.3 is 6.18 Å². The zero-order chi connectivity index (χ0) is 11.9. The van der Waals surface area contributed by atoms with Gasteiger partial charge in [-0.1, -0.05) is 13.8 Å². The molecule has 0 unspecified atom stereocenters. The van der Waals surface area contributed by atoms with Gasteiger partial charge in [0.05, 0.1) is 5.56 Å². The molecular weight excluding hydrogens is 217 g/mol. The van der Waals surface area contributed by atoms with Crippen molar-refractivity contribution in [2.24, 2.45) is 0 Å². The number of aromatic nitrogens is 2. The Hall–Kier alpha value is -1.52. The molecule has 2 heterocycles. The minimum atomic E-state index is -4.30. The Morgan fingerprint density at radius 1 is 1.25 bits per heavy atom. The first-order valence-electron chi connectivity index (χ1n) is 4.99. The maximum Gasteiger partial charge on any atom is 0.419 e. The number of halogens is 3. The smallest absolute Gasteiger partial charge is 0.243 e. The molecule has 0 atom stereocenters. The molecule has 86 valence electrons. The zero-order valence-corrected chi connectivity index (χ0v) is 8.97. The fourth-order valence-corrected chi connectivity index (χ4v) is 1.66. The maximum atomic E-state index is 12.5. The summed E-state index contributed by atoms with van der Waals surface area (Å²) in [6.07, 6.45) is -1.44. The van der Waals surface area contributed by atoms with Gasteiger partial charge in [-0.2, -0.15) is 17.6 Å². The summed E-state index contributed by atoms with van der Waals surface area (Å²) >= 11 is 0. The molecule has 0 saturated heterocycles. The van der Waals surface area contributed by atoms with Gasteiger partial charge in [0, 0.05) is 12.0 Å². The van der Waals surface area contributed by atoms with Crippen LogP contribution in [-0.2, 0) is 6.18 Å². The number of H-pyrrole nitrogens is 1. The predicted molar refractivity (Wildman–Crippen MR) is 53.0 cm³/mol. The van der Waals surface area contributed by atoms with Crippen molar-refractivity contribution in [3.63, 3.8) is 0 Å². The van der Waals surface area contributed by atoms with Gasteiger partial charge in [0.1, 0.15) is 12.4 Å². The van der Waals surface area contributed by atoms with E-state index in [4.69, 9.17) is 0 Å². The molecule has 0 aliphatic heterocycles. The summed E-state index contributed by atoms with van der Waals surface area (Å²) in [6, 6.07) is 2.52. The lowest BCUT2D eigenvalue weighted by Gasteiger charge is -2.05. The summed E-state index contributed by atoms with van der Waals surface area (Å²) < 4.78 is 39.1. The molecule has 16 heavy (non-hydrogen) atoms. The van der Waals surface area contributed by atoms with E-state index in [0.29, 0.717) is 5.65 Å². The molecule has 0 bridgehead atoms. The lowest BCUT2D eigenvalue weighted by Crippen LogP contribution is -2.27. The van der Waals surface area contributed by atoms with E-state index in [2.05, 4.69) is 4.98 Å². The SMILES string of the molecule is CC(C)c1c[nH]c2ccc(C(F)(F)F)c[n+]12. The number of imidazole rings is 1. The van der Waals surface area contributed by atoms with Gasteiger partial charge in [-0.05, 0) is 6.07 Å². The third-order valence-electron chi connectivity index (χ3n) is 2.51. The van der Waals surface area contributed by atoms with Gasteiger partial charge in [0.25, 0.3) is 5.65 Å². The van der Waals surface area contributed by atoms with Crippen LogP contribution in [0, 0.1) is 0 Å². The van der Waals surface area contributed by atoms with E-state index in [1.807, 2.05) is 13.8 Å². The number of hydrogen-bond acceptors (Lipinski definition) is 0. The second-order valence-electron chi connectivity index (χ2n) is 4.04. The third kappa shape index (κ3) is 1.77. The minimum absolute atomic E-state index is 0.169. The summed E-state index contributed by atoms with van der Waals surface area (Å²) in [5.74, 6) is 0.169. The molecule has 2 rings (SSSR count). The van der Waals surface area contributed by atoms with E-state index >= 15 is 0 Å². The van der Waals surface area contributed by atoms with E-state index in [-0.39, 0.29) is 5.92 Å². The Kier molecular flexibility index (Phi) is 2.40. The average molecular weight is 229 g/mol. The summed E-state index contributed by atoms with van der Waals surface area (Å²) in [5, 5.41) is 0. The summed E-state index contributed by atoms with van der Waals surface area (Å²) in [7, 11) is 0. The number of hydrogen-bond donors (Lipinski definition) is 1. The first-order valence-corrected chi connectivity index (χ1v) is 4.99. The molecule has 0 spiro atoms. The molecule has 2 aromatic rings. The highest BCUT2D eigenvalue weighted by Gasteiger charge is 2.32. The fourth-order valence-electron chi connectivity index (χ4n) is 1.66. The standard InChI is InChI=1S/C11H11F3N2/c1-7(2)9-5-15-10-4-3-8(6-16(9)10)11(12,13)14/h3-7H,1-2H3/p+1. The van der Waals surface area contributed by atoms with Crippen LogP contribution in [0.25, 0.3) is 5.65 Å². The van der Waals surface area contributed by atoms with Crippen molar-refractivity contribution < 1.29 is 17.6 Å². The number of pyridine rings is 1. The average Bonchev–Trinajstić information content (AvgIpc) is 2.58. The van der Waals surface area contributed by atoms with Gasteiger partial charge in [-0.15, -0.1) is 0 Å². The molecule has 1 N–H and O–H groups in total. The lowest BCUT2D eigenvalue weighted by molar-refractivity contribution is -0.522. The van der Waals surface area contributed by atoms with Crippen molar-refractivity contribution in [3.05, 3.63) is 35.8 Å². The van der Waals surface area contributed by atoms with E-state index in [0.717, 1.165) is 18.0 Å². The zero-order valence-electron chi connectivity index (χ0n) is 8.97. The third-order valence-corrected chi connectivity index (χ3v) is 2.51. The molecule has 0 aliphatic rings. The number of nitrogens with zero attached hydrogens (tertiary/aromatic N) is 1. The highest BCUT2D eigenvalue weighted by Crippen LogP contribution is 2.28. The van der Waals surface area contributed by atoms with Gasteiger partial charge in [0.2, 0.25) is 0 Å². The first-order chi connectivity index (χ1) is 7.39. The maximum absolute atomic E-state index is 12.5. The van der Waals surface area contributed by atoms with Gasteiger partial charge < -0.3 is 0 Å². The van der Waals surface area contributed by atoms with Crippen LogP contribution in [0.4, 0.5) is 13.2 Å². The van der Waals surface area contributed by atoms with Crippen LogP contribution in [0.2, 0.25) is 0 Å². The molecule has 5 heteroatoms. The minimum Gasteiger partial charge on any atom is -0.243 e. The van der Waals surface area contributed by atoms with Crippen molar-refractivity contribution in [2.45, 2.75) is 25.9 Å². The monoisotopic (exact) mass is 229 g/mol. The lowest BCUT2D eigenvalue weighted by atomic mass is 10.1. The van der Waals surface area contributed by atoms with Crippen LogP contribution in [-0.4, -0.2) is 4.98 Å². The van der Waals surface area contributed by atoms with Crippen LogP contribution in [0.3, 0.4) is 0 Å². The second kappa shape index (κ2) is 3.50. The molecule has 0 fully saturated rings. The normalized spacial score (nSPS) is 12.6. The van der Waals surface area contributed by atoms with Crippen molar-refractivity contribution in [1.82, 2.24) is 4.98 Å². The first kappa shape index (κ1) is 11.0. The molecule has 2 nitrogen and oxygen atoms in total. The van der Waals surface area contributed by atoms with Crippen molar-refractivity contribution >= 4 is 5.65 Å². The van der Waals surface area contributed by atoms with Gasteiger partial charge in [-0.25, -0.2) is 4.98 Å². The Morgan fingerprint density at radius 3 is 2.50 bits per heavy atom. The summed E-state index contributed by atoms with van der Waals surface area (Å²) in [5.41, 5.74) is 0.865. The molecule has 0 radical (unpaired) electrons. The Morgan fingerprint density at radius 2 is 1.94 bits per heavy atom. The van der Waals surface area contributed by atoms with Gasteiger partial charge in [0.15, 0.2) is 5.69 Å². The van der Waals surface area contributed by atoms with Gasteiger partial charge in [-0.3, -0.25) is 0 Å². The van der Waals surface area contributed by atoms with Crippen molar-refractivity contribution in [3.8, 4) is 0 Å². The van der Waals surface area contributed by atoms with Crippen LogP contribution in [0.1, 0.15) is 31.0 Å². The van der Waals surface area contributed by atoms with E-state index in [9.17, 15) is 13.2 Å². The number of alkyl halides is 3. The summed E-state index contributed by atoms with van der Waals surface area (Å²) in [4.78, 5) is 2.94. The number of aromatic amines is 1. The quantitative estimate of drug-likeness (QED) is 0.725. The second-order valence-corrected chi connectivity index (χ2v) is 4.04. The fraction of sp³-hybridized carbons (Fsp3) is 0.364. The van der Waals surface area contributed by atoms with Crippen molar-refractivity contribution in [1.29, 1.82) is 0 Å². The Bertz CT molecular complexity index is 511. The molecular formula is C11H12F3N2+. The van der Waals surface area contributed by atoms with Crippen LogP contribution >= 0.6 is 0 Å². The van der Waals surface area contributed by atoms with E-state index in [1.165, 1.54) is 6.07 Å². The molecule has 0 aromatic carbocycles. The highest BCUT2D eigenvalue weighted by atomic mass is 19.4.